The topological polar surface area (TPSA) is 190 Å². The van der Waals surface area contributed by atoms with Gasteiger partial charge in [0.15, 0.2) is 34.8 Å². The number of hydrogen-bond donors (Lipinski definition) is 4. The summed E-state index contributed by atoms with van der Waals surface area (Å²) in [6.07, 6.45) is 28.5. The SMILES string of the molecule is [C-]#[N+]/C(C#N)=C1\C(=c2\cc3s/c(=C\c4sc(C5=C(N)C(N)=C(c6cc(CC(CCCCCC)CCCCCC)c(/C=c7/cc8s/c(=C9/C(=O)c%10cc(F)c(F)cc%10/C9=C(/C#N)[N+]#[C-])cc8s7)s6)C(=N)C5=N)cc4CC(CCCCCC)CCCCCC)cc3s2)C(=O)c2cc(F)c(F)cc21. The van der Waals surface area contributed by atoms with Gasteiger partial charge in [0.1, 0.15) is 0 Å². The van der Waals surface area contributed by atoms with E-state index in [1.165, 1.54) is 93.7 Å². The number of benzene rings is 2. The predicted molar refractivity (Wildman–Crippen MR) is 407 cm³/mol. The maximum atomic E-state index is 14.7. The Morgan fingerprint density at radius 1 is 0.470 bits per heavy atom. The highest BCUT2D eigenvalue weighted by Gasteiger charge is 2.38. The van der Waals surface area contributed by atoms with Crippen molar-refractivity contribution in [3.8, 4) is 12.1 Å². The number of nitrogens with one attached hydrogen (secondary N) is 2. The molecule has 6 heterocycles. The first-order chi connectivity index (χ1) is 48.4. The normalized spacial score (nSPS) is 16.5. The molecule has 8 aromatic rings. The van der Waals surface area contributed by atoms with Crippen molar-refractivity contribution >= 4 is 155 Å². The Balaban J connectivity index is 1.01. The van der Waals surface area contributed by atoms with Crippen molar-refractivity contribution in [3.05, 3.63) is 201 Å². The zero-order valence-electron chi connectivity index (χ0n) is 56.4. The highest BCUT2D eigenvalue weighted by atomic mass is 32.1. The van der Waals surface area contributed by atoms with Crippen LogP contribution in [0.1, 0.15) is 219 Å². The van der Waals surface area contributed by atoms with Crippen molar-refractivity contribution in [2.45, 2.75) is 169 Å². The minimum Gasteiger partial charge on any atom is -0.396 e. The van der Waals surface area contributed by atoms with E-state index in [0.29, 0.717) is 32.0 Å². The molecule has 2 aromatic carbocycles. The molecule has 0 fully saturated rings. The van der Waals surface area contributed by atoms with E-state index in [0.717, 1.165) is 198 Å². The fraction of sp³-hybridized carbons (Fsp3) is 0.350. The molecule has 100 heavy (non-hydrogen) atoms. The van der Waals surface area contributed by atoms with Gasteiger partial charge in [-0.25, -0.2) is 37.8 Å². The molecule has 0 saturated carbocycles. The molecule has 10 nitrogen and oxygen atoms in total. The van der Waals surface area contributed by atoms with Crippen molar-refractivity contribution in [2.24, 2.45) is 23.3 Å². The van der Waals surface area contributed by atoms with Gasteiger partial charge in [-0.15, -0.1) is 68.0 Å². The van der Waals surface area contributed by atoms with Crippen LogP contribution in [0.25, 0.3) is 74.1 Å². The molecule has 0 spiro atoms. The lowest BCUT2D eigenvalue weighted by molar-refractivity contribution is 0.105. The molecule has 0 saturated heterocycles. The number of halogens is 4. The van der Waals surface area contributed by atoms with E-state index in [2.05, 4.69) is 61.7 Å². The summed E-state index contributed by atoms with van der Waals surface area (Å²) in [5, 5.41) is 40.0. The van der Waals surface area contributed by atoms with Crippen LogP contribution in [0.15, 0.2) is 83.5 Å². The number of carbonyl (C=O) groups is 2. The Kier molecular flexibility index (Phi) is 23.6. The monoisotopic (exact) mass is 1450 g/mol. The van der Waals surface area contributed by atoms with Gasteiger partial charge >= 0.3 is 0 Å². The molecular weight excluding hydrogens is 1370 g/mol. The number of unbranched alkanes of at least 4 members (excludes halogenated alkanes) is 12. The molecule has 20 heteroatoms. The number of nitrogens with two attached hydrogens (primary N) is 2. The molecule has 6 N–H and O–H groups in total. The van der Waals surface area contributed by atoms with Crippen LogP contribution in [0.5, 0.6) is 0 Å². The Hall–Kier alpha value is -8.44. The molecule has 0 bridgehead atoms. The van der Waals surface area contributed by atoms with Gasteiger partial charge in [-0.1, -0.05) is 156 Å². The standard InChI is InChI=1S/C80H76F4N8O2S6/c1-7-11-15-19-23-43(24-20-16-12-8-2)27-45-29-65(97-59(45)31-47-33-61-63(95-47)39-67(99-61)71-69(57(41-85)91-5)49-35-53(81)55(83)37-51(49)79(71)93)73-75(87)77(89)74(78(90)76(73)88)66-30-46(28-44(25-21-17-13-9-3)26-22-18-14-10-4)60(98-66)32-48-34-62-64(96-48)40-68(100-62)72-70(58(42-86)92-6)50-36-54(82)56(84)38-52(50)80(72)94/h29-40,43-44,87,89H,7-28,88,90H2,1-4H3/b47-31-,48-32-,69-57-,70-58+,71-67+,72-68+,87-75?,89-77?. The van der Waals surface area contributed by atoms with Crippen molar-refractivity contribution in [2.75, 3.05) is 0 Å². The van der Waals surface area contributed by atoms with Crippen LogP contribution in [0.2, 0.25) is 0 Å². The van der Waals surface area contributed by atoms with Crippen LogP contribution in [-0.4, -0.2) is 23.0 Å². The number of fused-ring (bicyclic) bond motifs is 4. The molecule has 0 radical (unpaired) electrons. The fourth-order valence-corrected chi connectivity index (χ4v) is 21.4. The first-order valence-electron chi connectivity index (χ1n) is 34.4. The summed E-state index contributed by atoms with van der Waals surface area (Å²) in [6.45, 7) is 24.4. The zero-order chi connectivity index (χ0) is 71.1. The Bertz CT molecular complexity index is 4770. The average Bonchev–Trinajstić information content (AvgIpc) is 1.56. The summed E-state index contributed by atoms with van der Waals surface area (Å²) < 4.78 is 64.8. The van der Waals surface area contributed by atoms with E-state index >= 15 is 0 Å². The van der Waals surface area contributed by atoms with E-state index in [-0.39, 0.29) is 78.8 Å². The minimum absolute atomic E-state index is 0.00868. The number of Topliss-reactive ketones (excluding diaryl/α,β-unsaturated/α-hetero) is 2. The Morgan fingerprint density at radius 3 is 1.11 bits per heavy atom. The number of hydrogen-bond acceptors (Lipinski definition) is 14. The summed E-state index contributed by atoms with van der Waals surface area (Å²) in [7, 11) is 0. The van der Waals surface area contributed by atoms with Crippen LogP contribution in [0.3, 0.4) is 0 Å². The number of allylic oxidation sites excluding steroid dienone is 6. The summed E-state index contributed by atoms with van der Waals surface area (Å²) in [6, 6.07) is 19.2. The van der Waals surface area contributed by atoms with Crippen molar-refractivity contribution in [3.63, 3.8) is 0 Å². The van der Waals surface area contributed by atoms with E-state index in [4.69, 9.17) is 24.6 Å². The number of thiophene rings is 6. The van der Waals surface area contributed by atoms with E-state index in [1.54, 1.807) is 0 Å². The minimum atomic E-state index is -1.20. The molecular formula is C80H76F4N8O2S6. The lowest BCUT2D eigenvalue weighted by Crippen LogP contribution is -2.29. The Labute approximate surface area is 604 Å². The third-order valence-corrected chi connectivity index (χ3v) is 25.9. The third-order valence-electron chi connectivity index (χ3n) is 19.1. The molecule has 3 aliphatic rings. The molecule has 6 aromatic heterocycles. The summed E-state index contributed by atoms with van der Waals surface area (Å²) in [4.78, 5) is 38.2. The van der Waals surface area contributed by atoms with E-state index in [1.807, 2.05) is 36.4 Å². The number of carbonyl (C=O) groups excluding carboxylic acids is 2. The molecule has 0 amide bonds. The molecule has 3 aliphatic carbocycles. The molecule has 512 valence electrons. The van der Waals surface area contributed by atoms with Crippen LogP contribution in [-0.2, 0) is 12.8 Å². The lowest BCUT2D eigenvalue weighted by atomic mass is 9.86. The second kappa shape index (κ2) is 32.5. The zero-order valence-corrected chi connectivity index (χ0v) is 61.3. The summed E-state index contributed by atoms with van der Waals surface area (Å²) in [5.74, 6) is -5.17. The van der Waals surface area contributed by atoms with Crippen LogP contribution < -0.4 is 29.6 Å². The van der Waals surface area contributed by atoms with E-state index in [9.17, 15) is 48.5 Å². The summed E-state index contributed by atoms with van der Waals surface area (Å²) >= 11 is 8.64. The highest BCUT2D eigenvalue weighted by molar-refractivity contribution is 7.27. The number of nitriles is 2. The van der Waals surface area contributed by atoms with Gasteiger partial charge in [0, 0.05) is 101 Å². The quantitative estimate of drug-likeness (QED) is 0.0124. The van der Waals surface area contributed by atoms with Crippen LogP contribution in [0.4, 0.5) is 17.6 Å². The number of rotatable bonds is 28. The van der Waals surface area contributed by atoms with Gasteiger partial charge in [-0.3, -0.25) is 20.4 Å². The Morgan fingerprint density at radius 2 is 0.800 bits per heavy atom. The van der Waals surface area contributed by atoms with Gasteiger partial charge < -0.3 is 11.5 Å². The van der Waals surface area contributed by atoms with Gasteiger partial charge in [0.05, 0.1) is 48.1 Å². The number of nitrogens with zero attached hydrogens (tertiary/aromatic N) is 4. The van der Waals surface area contributed by atoms with Gasteiger partial charge in [-0.2, -0.15) is 0 Å². The first kappa shape index (κ1) is 72.8. The molecule has 0 atom stereocenters. The second-order valence-corrected chi connectivity index (χ2v) is 32.6. The van der Waals surface area contributed by atoms with Gasteiger partial charge in [-0.05, 0) is 120 Å². The molecule has 11 rings (SSSR count). The highest BCUT2D eigenvalue weighted by Crippen LogP contribution is 2.46. The van der Waals surface area contributed by atoms with Gasteiger partial charge in [0.25, 0.3) is 11.4 Å². The maximum Gasteiger partial charge on any atom is 0.270 e. The predicted octanol–water partition coefficient (Wildman–Crippen LogP) is 20.3. The van der Waals surface area contributed by atoms with Crippen molar-refractivity contribution in [1.29, 1.82) is 21.3 Å². The fourth-order valence-electron chi connectivity index (χ4n) is 14.0. The smallest absolute Gasteiger partial charge is 0.270 e. The first-order valence-corrected chi connectivity index (χ1v) is 39.3. The molecule has 0 unspecified atom stereocenters. The third kappa shape index (κ3) is 15.1. The van der Waals surface area contributed by atoms with Crippen molar-refractivity contribution < 1.29 is 27.2 Å². The lowest BCUT2D eigenvalue weighted by Gasteiger charge is -2.22. The van der Waals surface area contributed by atoms with Gasteiger partial charge in [0.2, 0.25) is 0 Å². The van der Waals surface area contributed by atoms with Crippen LogP contribution in [0, 0.1) is 81.7 Å². The van der Waals surface area contributed by atoms with Crippen LogP contribution >= 0.6 is 68.0 Å². The second-order valence-electron chi connectivity index (χ2n) is 26.1. The number of ketones is 2. The molecule has 0 aliphatic heterocycles. The van der Waals surface area contributed by atoms with E-state index < -0.39 is 34.8 Å². The summed E-state index contributed by atoms with van der Waals surface area (Å²) in [5.41, 5.74) is 17.1. The maximum absolute atomic E-state index is 14.7. The average molecular weight is 1450 g/mol. The largest absolute Gasteiger partial charge is 0.396 e. The van der Waals surface area contributed by atoms with Crippen molar-refractivity contribution in [1.82, 2.24) is 0 Å².